The minimum absolute atomic E-state index is 0.0630. The molecule has 216 valence electrons. The number of hydrogen-bond acceptors (Lipinski definition) is 5. The molecule has 3 saturated heterocycles. The van der Waals surface area contributed by atoms with Crippen LogP contribution in [-0.2, 0) is 19.1 Å². The molecule has 3 amide bonds. The number of para-hydroxylation sites is 1. The normalized spacial score (nSPS) is 32.0. The third kappa shape index (κ3) is 4.64. The summed E-state index contributed by atoms with van der Waals surface area (Å²) in [7, 11) is 0. The van der Waals surface area contributed by atoms with Crippen molar-refractivity contribution in [2.24, 2.45) is 11.8 Å². The minimum atomic E-state index is -1.17. The van der Waals surface area contributed by atoms with Gasteiger partial charge in [-0.1, -0.05) is 65.5 Å². The Hall–Kier alpha value is -2.49. The molecule has 7 atom stereocenters. The van der Waals surface area contributed by atoms with Gasteiger partial charge in [0.05, 0.1) is 30.6 Å². The summed E-state index contributed by atoms with van der Waals surface area (Å²) in [5, 5.41) is 10.2. The number of aliphatic hydroxyl groups is 1. The predicted molar refractivity (Wildman–Crippen MR) is 157 cm³/mol. The van der Waals surface area contributed by atoms with Gasteiger partial charge in [0.2, 0.25) is 17.7 Å². The molecule has 1 spiro atoms. The quantitative estimate of drug-likeness (QED) is 0.321. The summed E-state index contributed by atoms with van der Waals surface area (Å²) in [6.45, 7) is 9.85. The van der Waals surface area contributed by atoms with E-state index >= 15 is 0 Å². The first-order valence-corrected chi connectivity index (χ1v) is 15.4. The first-order valence-electron chi connectivity index (χ1n) is 14.4. The number of alkyl halides is 1. The Bertz CT molecular complexity index is 1140. The zero-order chi connectivity index (χ0) is 28.6. The zero-order valence-electron chi connectivity index (χ0n) is 23.2. The van der Waals surface area contributed by atoms with Crippen LogP contribution in [0.2, 0.25) is 0 Å². The Morgan fingerprint density at radius 1 is 1.15 bits per heavy atom. The lowest BCUT2D eigenvalue weighted by Crippen LogP contribution is -2.60. The standard InChI is InChI=1S/C31H40BrN3O5/c1-4-16-33(21-12-8-6-9-13-21)28(37)24-25-29(38)35(20(3)19-36)27(31(25)18-23(32)26(24)40-31)30(39)34(17-5-2)22-14-10-7-11-15-22/h4-6,8-9,12-13,20,22-27,36H,1-2,7,10-11,14-19H2,3H3/t20-,23?,24-,25+,26-,27?,31?/m1/s1. The van der Waals surface area contributed by atoms with Gasteiger partial charge in [0.25, 0.3) is 0 Å². The molecule has 3 heterocycles. The van der Waals surface area contributed by atoms with Crippen LogP contribution in [-0.4, -0.2) is 87.0 Å². The third-order valence-corrected chi connectivity index (χ3v) is 10.1. The third-order valence-electron chi connectivity index (χ3n) is 9.26. The lowest BCUT2D eigenvalue weighted by Gasteiger charge is -2.42. The number of halogens is 1. The molecule has 3 aliphatic heterocycles. The molecular weight excluding hydrogens is 574 g/mol. The van der Waals surface area contributed by atoms with Crippen molar-refractivity contribution in [1.82, 2.24) is 9.80 Å². The highest BCUT2D eigenvalue weighted by Gasteiger charge is 2.77. The Balaban J connectivity index is 1.57. The van der Waals surface area contributed by atoms with Crippen molar-refractivity contribution in [3.63, 3.8) is 0 Å². The van der Waals surface area contributed by atoms with Gasteiger partial charge in [-0.05, 0) is 38.3 Å². The van der Waals surface area contributed by atoms with Gasteiger partial charge in [0.15, 0.2) is 0 Å². The van der Waals surface area contributed by atoms with Crippen LogP contribution in [0.4, 0.5) is 5.69 Å². The number of fused-ring (bicyclic) bond motifs is 1. The average molecular weight is 615 g/mol. The Kier molecular flexibility index (Phi) is 8.55. The van der Waals surface area contributed by atoms with E-state index in [1.54, 1.807) is 24.0 Å². The van der Waals surface area contributed by atoms with E-state index in [2.05, 4.69) is 29.1 Å². The van der Waals surface area contributed by atoms with Crippen molar-refractivity contribution in [3.05, 3.63) is 55.6 Å². The first-order chi connectivity index (χ1) is 19.3. The number of nitrogens with zero attached hydrogens (tertiary/aromatic N) is 3. The summed E-state index contributed by atoms with van der Waals surface area (Å²) in [6.07, 6.45) is 8.35. The smallest absolute Gasteiger partial charge is 0.248 e. The molecule has 4 fully saturated rings. The van der Waals surface area contributed by atoms with Crippen molar-refractivity contribution in [2.45, 2.75) is 80.1 Å². The van der Waals surface area contributed by atoms with Crippen LogP contribution in [0.15, 0.2) is 55.6 Å². The largest absolute Gasteiger partial charge is 0.394 e. The molecule has 9 heteroatoms. The number of aliphatic hydroxyl groups excluding tert-OH is 1. The molecule has 8 nitrogen and oxygen atoms in total. The fraction of sp³-hybridized carbons (Fsp3) is 0.581. The van der Waals surface area contributed by atoms with Gasteiger partial charge < -0.3 is 24.5 Å². The van der Waals surface area contributed by atoms with E-state index in [0.29, 0.717) is 18.7 Å². The summed E-state index contributed by atoms with van der Waals surface area (Å²) < 4.78 is 6.70. The van der Waals surface area contributed by atoms with Gasteiger partial charge in [0.1, 0.15) is 11.6 Å². The summed E-state index contributed by atoms with van der Waals surface area (Å²) in [5.74, 6) is -2.30. The van der Waals surface area contributed by atoms with Gasteiger partial charge in [-0.15, -0.1) is 13.2 Å². The number of carbonyl (C=O) groups is 3. The van der Waals surface area contributed by atoms with Crippen LogP contribution in [0.3, 0.4) is 0 Å². The number of anilines is 1. The number of hydrogen-bond donors (Lipinski definition) is 1. The molecule has 1 saturated carbocycles. The average Bonchev–Trinajstić information content (AvgIpc) is 3.57. The van der Waals surface area contributed by atoms with E-state index in [1.807, 2.05) is 35.2 Å². The van der Waals surface area contributed by atoms with Crippen LogP contribution in [0, 0.1) is 11.8 Å². The topological polar surface area (TPSA) is 90.4 Å². The number of ether oxygens (including phenoxy) is 1. The predicted octanol–water partition coefficient (Wildman–Crippen LogP) is 3.68. The van der Waals surface area contributed by atoms with Crippen molar-refractivity contribution in [1.29, 1.82) is 0 Å². The summed E-state index contributed by atoms with van der Waals surface area (Å²) >= 11 is 3.76. The molecule has 2 bridgehead atoms. The van der Waals surface area contributed by atoms with E-state index in [4.69, 9.17) is 4.74 Å². The highest BCUT2D eigenvalue weighted by molar-refractivity contribution is 9.09. The Morgan fingerprint density at radius 2 is 1.82 bits per heavy atom. The fourth-order valence-corrected chi connectivity index (χ4v) is 8.48. The van der Waals surface area contributed by atoms with E-state index < -0.39 is 35.6 Å². The van der Waals surface area contributed by atoms with Gasteiger partial charge in [-0.3, -0.25) is 14.4 Å². The van der Waals surface area contributed by atoms with Crippen molar-refractivity contribution >= 4 is 39.3 Å². The molecule has 5 rings (SSSR count). The zero-order valence-corrected chi connectivity index (χ0v) is 24.7. The second-order valence-electron chi connectivity index (χ2n) is 11.6. The SMILES string of the molecule is C=CCN(C(=O)[C@H]1[C@@H]2OC3(CC2Br)C(C(=O)N(CC=C)C2CCCCC2)N([C@H](C)CO)C(=O)[C@H]13)c1ccccc1. The van der Waals surface area contributed by atoms with E-state index in [1.165, 1.54) is 4.90 Å². The van der Waals surface area contributed by atoms with Gasteiger partial charge >= 0.3 is 0 Å². The summed E-state index contributed by atoms with van der Waals surface area (Å²) in [5.41, 5.74) is -0.454. The molecular formula is C31H40BrN3O5. The molecule has 3 unspecified atom stereocenters. The van der Waals surface area contributed by atoms with Gasteiger partial charge in [-0.2, -0.15) is 0 Å². The Morgan fingerprint density at radius 3 is 2.45 bits per heavy atom. The van der Waals surface area contributed by atoms with E-state index in [-0.39, 0.29) is 41.7 Å². The van der Waals surface area contributed by atoms with E-state index in [9.17, 15) is 19.5 Å². The maximum atomic E-state index is 14.6. The minimum Gasteiger partial charge on any atom is -0.394 e. The van der Waals surface area contributed by atoms with Crippen molar-refractivity contribution in [3.8, 4) is 0 Å². The van der Waals surface area contributed by atoms with E-state index in [0.717, 1.165) is 32.1 Å². The van der Waals surface area contributed by atoms with Crippen LogP contribution in [0.25, 0.3) is 0 Å². The number of likely N-dealkylation sites (tertiary alicyclic amines) is 1. The Labute approximate surface area is 245 Å². The number of amides is 3. The fourth-order valence-electron chi connectivity index (χ4n) is 7.54. The molecule has 40 heavy (non-hydrogen) atoms. The monoisotopic (exact) mass is 613 g/mol. The number of rotatable bonds is 10. The number of benzene rings is 1. The van der Waals surface area contributed by atoms with Crippen LogP contribution < -0.4 is 4.90 Å². The van der Waals surface area contributed by atoms with Crippen LogP contribution in [0.5, 0.6) is 0 Å². The van der Waals surface area contributed by atoms with Crippen LogP contribution >= 0.6 is 15.9 Å². The van der Waals surface area contributed by atoms with Crippen molar-refractivity contribution in [2.75, 3.05) is 24.6 Å². The second-order valence-corrected chi connectivity index (χ2v) is 12.8. The lowest BCUT2D eigenvalue weighted by molar-refractivity contribution is -0.152. The maximum absolute atomic E-state index is 14.6. The van der Waals surface area contributed by atoms with Crippen molar-refractivity contribution < 1.29 is 24.2 Å². The molecule has 1 N–H and O–H groups in total. The second kappa shape index (κ2) is 11.8. The lowest BCUT2D eigenvalue weighted by atomic mass is 9.70. The summed E-state index contributed by atoms with van der Waals surface area (Å²) in [6, 6.07) is 7.86. The molecule has 1 aromatic rings. The molecule has 0 aromatic heterocycles. The molecule has 1 aromatic carbocycles. The van der Waals surface area contributed by atoms with Gasteiger partial charge in [0, 0.05) is 29.6 Å². The van der Waals surface area contributed by atoms with Crippen LogP contribution in [0.1, 0.15) is 45.4 Å². The molecule has 4 aliphatic rings. The first kappa shape index (κ1) is 29.0. The molecule has 1 aliphatic carbocycles. The number of carbonyl (C=O) groups excluding carboxylic acids is 3. The highest BCUT2D eigenvalue weighted by Crippen LogP contribution is 2.61. The maximum Gasteiger partial charge on any atom is 0.248 e. The summed E-state index contributed by atoms with van der Waals surface area (Å²) in [4.78, 5) is 48.0. The molecule has 0 radical (unpaired) electrons. The van der Waals surface area contributed by atoms with Gasteiger partial charge in [-0.25, -0.2) is 0 Å². The highest BCUT2D eigenvalue weighted by atomic mass is 79.9.